The molecule has 2 rings (SSSR count). The molecule has 0 bridgehead atoms. The Morgan fingerprint density at radius 3 is 2.45 bits per heavy atom. The Bertz CT molecular complexity index is 552. The predicted molar refractivity (Wildman–Crippen MR) is 64.4 cm³/mol. The first-order valence-corrected chi connectivity index (χ1v) is 6.46. The second kappa shape index (κ2) is 5.07. The molecule has 0 spiro atoms. The van der Waals surface area contributed by atoms with E-state index in [9.17, 15) is 26.7 Å². The van der Waals surface area contributed by atoms with Gasteiger partial charge in [-0.05, 0) is 41.0 Å². The summed E-state index contributed by atoms with van der Waals surface area (Å²) >= 11 is 2.73. The van der Waals surface area contributed by atoms with E-state index in [0.717, 1.165) is 12.1 Å². The second-order valence-electron chi connectivity index (χ2n) is 4.55. The Morgan fingerprint density at radius 1 is 1.30 bits per heavy atom. The van der Waals surface area contributed by atoms with Crippen LogP contribution in [0.5, 0.6) is 0 Å². The molecule has 1 aliphatic heterocycles. The van der Waals surface area contributed by atoms with Crippen molar-refractivity contribution >= 4 is 21.7 Å². The summed E-state index contributed by atoms with van der Waals surface area (Å²) in [6.45, 7) is -0.719. The summed E-state index contributed by atoms with van der Waals surface area (Å²) in [6, 6.07) is 1.75. The third kappa shape index (κ3) is 2.24. The Balaban J connectivity index is 2.58. The molecule has 1 aromatic rings. The van der Waals surface area contributed by atoms with Gasteiger partial charge in [-0.1, -0.05) is 0 Å². The van der Waals surface area contributed by atoms with E-state index in [2.05, 4.69) is 21.2 Å². The number of nitrogens with one attached hydrogen (secondary N) is 1. The zero-order chi connectivity index (χ0) is 15.1. The molecule has 0 saturated carbocycles. The van der Waals surface area contributed by atoms with Gasteiger partial charge < -0.3 is 5.32 Å². The van der Waals surface area contributed by atoms with Crippen LogP contribution in [0.2, 0.25) is 0 Å². The minimum atomic E-state index is -4.88. The maximum atomic E-state index is 13.8. The van der Waals surface area contributed by atoms with Gasteiger partial charge in [0, 0.05) is 6.54 Å². The first kappa shape index (κ1) is 15.4. The standard InChI is InChI=1S/C12H9BrF5NO/c13-6-1-2-7(14)8(9(6)15)10(20)11(12(16,17)18)3-4-19-5-11/h1-2,19H,3-5H2. The van der Waals surface area contributed by atoms with E-state index in [1.807, 2.05) is 0 Å². The van der Waals surface area contributed by atoms with Gasteiger partial charge in [0.15, 0.2) is 11.6 Å². The molecule has 1 atom stereocenters. The summed E-state index contributed by atoms with van der Waals surface area (Å²) in [6.07, 6.45) is -5.42. The third-order valence-corrected chi connectivity index (χ3v) is 4.02. The van der Waals surface area contributed by atoms with Crippen LogP contribution < -0.4 is 5.32 Å². The number of hydrogen-bond acceptors (Lipinski definition) is 2. The molecule has 110 valence electrons. The van der Waals surface area contributed by atoms with Crippen LogP contribution in [-0.4, -0.2) is 25.0 Å². The molecule has 1 heterocycles. The van der Waals surface area contributed by atoms with Crippen molar-refractivity contribution in [3.05, 3.63) is 33.8 Å². The average molecular weight is 358 g/mol. The molecule has 0 amide bonds. The summed E-state index contributed by atoms with van der Waals surface area (Å²) in [5.74, 6) is -4.19. The van der Waals surface area contributed by atoms with Gasteiger partial charge in [0.05, 0.1) is 10.0 Å². The van der Waals surface area contributed by atoms with Crippen LogP contribution in [-0.2, 0) is 0 Å². The highest BCUT2D eigenvalue weighted by Crippen LogP contribution is 2.46. The van der Waals surface area contributed by atoms with Gasteiger partial charge >= 0.3 is 6.18 Å². The third-order valence-electron chi connectivity index (χ3n) is 3.40. The summed E-state index contributed by atoms with van der Waals surface area (Å²) in [4.78, 5) is 12.1. The van der Waals surface area contributed by atoms with Crippen LogP contribution >= 0.6 is 15.9 Å². The van der Waals surface area contributed by atoms with Crippen LogP contribution in [0, 0.1) is 17.0 Å². The Kier molecular flexibility index (Phi) is 3.90. The Morgan fingerprint density at radius 2 is 1.95 bits per heavy atom. The summed E-state index contributed by atoms with van der Waals surface area (Å²) < 4.78 is 66.8. The lowest BCUT2D eigenvalue weighted by molar-refractivity contribution is -0.197. The van der Waals surface area contributed by atoms with Crippen molar-refractivity contribution in [3.63, 3.8) is 0 Å². The number of alkyl halides is 3. The number of hydrogen-bond donors (Lipinski definition) is 1. The molecule has 1 N–H and O–H groups in total. The van der Waals surface area contributed by atoms with Crippen LogP contribution in [0.1, 0.15) is 16.8 Å². The highest BCUT2D eigenvalue weighted by atomic mass is 79.9. The quantitative estimate of drug-likeness (QED) is 0.499. The van der Waals surface area contributed by atoms with Gasteiger partial charge in [0.2, 0.25) is 0 Å². The topological polar surface area (TPSA) is 29.1 Å². The monoisotopic (exact) mass is 357 g/mol. The summed E-state index contributed by atoms with van der Waals surface area (Å²) in [7, 11) is 0. The predicted octanol–water partition coefficient (Wildman–Crippen LogP) is 3.45. The van der Waals surface area contributed by atoms with Gasteiger partial charge in [-0.25, -0.2) is 8.78 Å². The smallest absolute Gasteiger partial charge is 0.315 e. The number of benzene rings is 1. The molecule has 1 saturated heterocycles. The largest absolute Gasteiger partial charge is 0.402 e. The minimum absolute atomic E-state index is 0.0392. The van der Waals surface area contributed by atoms with Crippen LogP contribution in [0.4, 0.5) is 22.0 Å². The molecule has 0 radical (unpaired) electrons. The molecule has 1 aliphatic rings. The normalized spacial score (nSPS) is 23.1. The van der Waals surface area contributed by atoms with Gasteiger partial charge in [-0.3, -0.25) is 4.79 Å². The lowest BCUT2D eigenvalue weighted by atomic mass is 9.78. The van der Waals surface area contributed by atoms with Crippen molar-refractivity contribution in [2.45, 2.75) is 12.6 Å². The van der Waals surface area contributed by atoms with Crippen LogP contribution in [0.3, 0.4) is 0 Å². The van der Waals surface area contributed by atoms with Gasteiger partial charge in [-0.2, -0.15) is 13.2 Å². The lowest BCUT2D eigenvalue weighted by Crippen LogP contribution is -2.47. The lowest BCUT2D eigenvalue weighted by Gasteiger charge is -2.29. The molecule has 1 unspecified atom stereocenters. The van der Waals surface area contributed by atoms with E-state index in [1.54, 1.807) is 0 Å². The van der Waals surface area contributed by atoms with Crippen molar-refractivity contribution in [2.75, 3.05) is 13.1 Å². The van der Waals surface area contributed by atoms with Crippen LogP contribution in [0.25, 0.3) is 0 Å². The first-order valence-electron chi connectivity index (χ1n) is 5.66. The first-order chi connectivity index (χ1) is 9.21. The SMILES string of the molecule is O=C(c1c(F)ccc(Br)c1F)C1(C(F)(F)F)CCNC1. The van der Waals surface area contributed by atoms with E-state index >= 15 is 0 Å². The van der Waals surface area contributed by atoms with E-state index in [4.69, 9.17) is 0 Å². The summed E-state index contributed by atoms with van der Waals surface area (Å²) in [5, 5.41) is 2.43. The maximum absolute atomic E-state index is 13.8. The fraction of sp³-hybridized carbons (Fsp3) is 0.417. The fourth-order valence-electron chi connectivity index (χ4n) is 2.23. The average Bonchev–Trinajstić information content (AvgIpc) is 2.84. The molecule has 1 fully saturated rings. The highest BCUT2D eigenvalue weighted by molar-refractivity contribution is 9.10. The maximum Gasteiger partial charge on any atom is 0.402 e. The van der Waals surface area contributed by atoms with Crippen LogP contribution in [0.15, 0.2) is 16.6 Å². The molecular formula is C12H9BrF5NO. The number of rotatable bonds is 2. The van der Waals surface area contributed by atoms with Crippen molar-refractivity contribution in [3.8, 4) is 0 Å². The van der Waals surface area contributed by atoms with Crippen molar-refractivity contribution in [1.82, 2.24) is 5.32 Å². The van der Waals surface area contributed by atoms with Gasteiger partial charge in [-0.15, -0.1) is 0 Å². The molecular weight excluding hydrogens is 349 g/mol. The fourth-order valence-corrected chi connectivity index (χ4v) is 2.56. The van der Waals surface area contributed by atoms with Crippen molar-refractivity contribution in [2.24, 2.45) is 5.41 Å². The summed E-state index contributed by atoms with van der Waals surface area (Å²) in [5.41, 5.74) is -3.93. The van der Waals surface area contributed by atoms with Crippen molar-refractivity contribution in [1.29, 1.82) is 0 Å². The number of Topliss-reactive ketones (excluding diaryl/α,β-unsaturated/α-hetero) is 1. The molecule has 2 nitrogen and oxygen atoms in total. The zero-order valence-corrected chi connectivity index (χ0v) is 11.5. The Hall–Kier alpha value is -1.02. The van der Waals surface area contributed by atoms with Gasteiger partial charge in [0.1, 0.15) is 11.2 Å². The zero-order valence-electron chi connectivity index (χ0n) is 9.95. The minimum Gasteiger partial charge on any atom is -0.315 e. The Labute approximate surface area is 119 Å². The molecule has 1 aromatic carbocycles. The number of halogens is 6. The molecule has 0 aliphatic carbocycles. The number of ketones is 1. The van der Waals surface area contributed by atoms with E-state index in [1.165, 1.54) is 0 Å². The highest BCUT2D eigenvalue weighted by Gasteiger charge is 2.62. The van der Waals surface area contributed by atoms with Crippen molar-refractivity contribution < 1.29 is 26.7 Å². The van der Waals surface area contributed by atoms with E-state index in [0.29, 0.717) is 0 Å². The van der Waals surface area contributed by atoms with E-state index in [-0.39, 0.29) is 11.0 Å². The number of carbonyl (C=O) groups is 1. The molecule has 20 heavy (non-hydrogen) atoms. The van der Waals surface area contributed by atoms with E-state index < -0.39 is 47.5 Å². The number of carbonyl (C=O) groups excluding carboxylic acids is 1. The molecule has 0 aromatic heterocycles. The second-order valence-corrected chi connectivity index (χ2v) is 5.41. The van der Waals surface area contributed by atoms with Gasteiger partial charge in [0.25, 0.3) is 0 Å². The molecule has 8 heteroatoms.